The first-order valence-corrected chi connectivity index (χ1v) is 6.08. The van der Waals surface area contributed by atoms with Crippen LogP contribution < -0.4 is 5.43 Å². The van der Waals surface area contributed by atoms with Crippen molar-refractivity contribution < 1.29 is 14.3 Å². The van der Waals surface area contributed by atoms with E-state index in [1.54, 1.807) is 0 Å². The van der Waals surface area contributed by atoms with E-state index in [1.807, 2.05) is 0 Å². The highest BCUT2D eigenvalue weighted by molar-refractivity contribution is 6.26. The first-order valence-electron chi connectivity index (χ1n) is 5.70. The number of fused-ring (bicyclic) bond motifs is 1. The molecule has 0 radical (unpaired) electrons. The molecular formula is C13H9ClFNO3. The Morgan fingerprint density at radius 2 is 2.11 bits per heavy atom. The Bertz CT molecular complexity index is 764. The lowest BCUT2D eigenvalue weighted by Crippen LogP contribution is -2.17. The summed E-state index contributed by atoms with van der Waals surface area (Å²) in [5.74, 6) is -1.81. The maximum absolute atomic E-state index is 13.9. The van der Waals surface area contributed by atoms with Gasteiger partial charge in [0.05, 0.1) is 10.4 Å². The number of aromatic nitrogens is 1. The molecule has 3 rings (SSSR count). The number of aromatic carboxylic acids is 1. The minimum absolute atomic E-state index is 0.142. The van der Waals surface area contributed by atoms with Crippen molar-refractivity contribution in [1.82, 2.24) is 4.98 Å². The van der Waals surface area contributed by atoms with Crippen LogP contribution in [0.1, 0.15) is 28.8 Å². The van der Waals surface area contributed by atoms with E-state index in [1.165, 1.54) is 6.07 Å². The monoisotopic (exact) mass is 281 g/mol. The van der Waals surface area contributed by atoms with Crippen LogP contribution in [0.2, 0.25) is 0 Å². The van der Waals surface area contributed by atoms with E-state index in [0.29, 0.717) is 12.8 Å². The average Bonchev–Trinajstić information content (AvgIpc) is 3.07. The molecule has 19 heavy (non-hydrogen) atoms. The molecule has 1 fully saturated rings. The fourth-order valence-electron chi connectivity index (χ4n) is 2.23. The predicted octanol–water partition coefficient (Wildman–Crippen LogP) is 2.59. The summed E-state index contributed by atoms with van der Waals surface area (Å²) in [5, 5.41) is 9.04. The van der Waals surface area contributed by atoms with E-state index in [-0.39, 0.29) is 22.0 Å². The molecule has 0 unspecified atom stereocenters. The zero-order chi connectivity index (χ0) is 13.8. The van der Waals surface area contributed by atoms with Crippen LogP contribution in [0.5, 0.6) is 0 Å². The van der Waals surface area contributed by atoms with Crippen molar-refractivity contribution in [3.63, 3.8) is 0 Å². The summed E-state index contributed by atoms with van der Waals surface area (Å²) in [6.45, 7) is 0. The SMILES string of the molecule is O=C(O)c1c[nH]c2c(C3(Cl)CC3)c(F)ccc2c1=O. The van der Waals surface area contributed by atoms with E-state index in [9.17, 15) is 14.0 Å². The van der Waals surface area contributed by atoms with Crippen molar-refractivity contribution >= 4 is 28.5 Å². The molecule has 0 saturated heterocycles. The maximum Gasteiger partial charge on any atom is 0.341 e. The van der Waals surface area contributed by atoms with E-state index >= 15 is 0 Å². The number of halogens is 2. The molecule has 1 aliphatic rings. The van der Waals surface area contributed by atoms with Gasteiger partial charge in [-0.2, -0.15) is 0 Å². The van der Waals surface area contributed by atoms with Crippen LogP contribution in [0.15, 0.2) is 23.1 Å². The molecule has 0 spiro atoms. The summed E-state index contributed by atoms with van der Waals surface area (Å²) in [4.78, 5) is 24.8. The van der Waals surface area contributed by atoms with Gasteiger partial charge in [0.2, 0.25) is 5.43 Å². The fourth-order valence-corrected chi connectivity index (χ4v) is 2.51. The molecule has 2 aromatic rings. The van der Waals surface area contributed by atoms with Crippen molar-refractivity contribution in [1.29, 1.82) is 0 Å². The molecule has 1 saturated carbocycles. The lowest BCUT2D eigenvalue weighted by atomic mass is 10.0. The van der Waals surface area contributed by atoms with Crippen LogP contribution in [-0.2, 0) is 4.87 Å². The van der Waals surface area contributed by atoms with Crippen LogP contribution >= 0.6 is 11.6 Å². The molecule has 0 amide bonds. The Labute approximate surface area is 111 Å². The quantitative estimate of drug-likeness (QED) is 0.831. The van der Waals surface area contributed by atoms with E-state index in [0.717, 1.165) is 12.3 Å². The number of carbonyl (C=O) groups is 1. The third-order valence-electron chi connectivity index (χ3n) is 3.37. The smallest absolute Gasteiger partial charge is 0.341 e. The lowest BCUT2D eigenvalue weighted by molar-refractivity contribution is 0.0695. The normalized spacial score (nSPS) is 16.5. The third-order valence-corrected chi connectivity index (χ3v) is 3.94. The van der Waals surface area contributed by atoms with Gasteiger partial charge in [-0.15, -0.1) is 11.6 Å². The summed E-state index contributed by atoms with van der Waals surface area (Å²) in [7, 11) is 0. The van der Waals surface area contributed by atoms with Gasteiger partial charge in [-0.05, 0) is 25.0 Å². The van der Waals surface area contributed by atoms with Crippen molar-refractivity contribution in [2.24, 2.45) is 0 Å². The van der Waals surface area contributed by atoms with Crippen LogP contribution in [0, 0.1) is 5.82 Å². The molecule has 6 heteroatoms. The predicted molar refractivity (Wildman–Crippen MR) is 68.3 cm³/mol. The summed E-state index contributed by atoms with van der Waals surface area (Å²) >= 11 is 6.23. The molecule has 2 N–H and O–H groups in total. The van der Waals surface area contributed by atoms with Crippen molar-refractivity contribution in [2.75, 3.05) is 0 Å². The maximum atomic E-state index is 13.9. The first kappa shape index (κ1) is 12.2. The molecule has 1 aromatic carbocycles. The van der Waals surface area contributed by atoms with Gasteiger partial charge < -0.3 is 10.1 Å². The first-order chi connectivity index (χ1) is 8.94. The van der Waals surface area contributed by atoms with Crippen LogP contribution in [0.3, 0.4) is 0 Å². The number of alkyl halides is 1. The Morgan fingerprint density at radius 3 is 2.68 bits per heavy atom. The summed E-state index contributed by atoms with van der Waals surface area (Å²) in [6, 6.07) is 2.43. The molecule has 98 valence electrons. The van der Waals surface area contributed by atoms with Crippen LogP contribution in [0.4, 0.5) is 4.39 Å². The molecular weight excluding hydrogens is 273 g/mol. The zero-order valence-corrected chi connectivity index (χ0v) is 10.4. The third kappa shape index (κ3) is 1.73. The van der Waals surface area contributed by atoms with Crippen molar-refractivity contribution in [3.8, 4) is 0 Å². The van der Waals surface area contributed by atoms with Gasteiger partial charge in [0.1, 0.15) is 11.4 Å². The van der Waals surface area contributed by atoms with E-state index in [4.69, 9.17) is 16.7 Å². The topological polar surface area (TPSA) is 70.2 Å². The van der Waals surface area contributed by atoms with Crippen LogP contribution in [-0.4, -0.2) is 16.1 Å². The van der Waals surface area contributed by atoms with E-state index < -0.39 is 22.1 Å². The Hall–Kier alpha value is -1.88. The van der Waals surface area contributed by atoms with Gasteiger partial charge in [0.15, 0.2) is 0 Å². The molecule has 4 nitrogen and oxygen atoms in total. The average molecular weight is 282 g/mol. The highest BCUT2D eigenvalue weighted by atomic mass is 35.5. The number of H-pyrrole nitrogens is 1. The molecule has 0 atom stereocenters. The summed E-state index contributed by atoms with van der Waals surface area (Å²) in [5.41, 5.74) is -0.476. The number of hydrogen-bond acceptors (Lipinski definition) is 2. The number of pyridine rings is 1. The summed E-state index contributed by atoms with van der Waals surface area (Å²) < 4.78 is 13.9. The number of nitrogens with one attached hydrogen (secondary N) is 1. The highest BCUT2D eigenvalue weighted by Crippen LogP contribution is 2.54. The van der Waals surface area contributed by atoms with Gasteiger partial charge in [-0.1, -0.05) is 0 Å². The highest BCUT2D eigenvalue weighted by Gasteiger charge is 2.45. The second kappa shape index (κ2) is 3.81. The lowest BCUT2D eigenvalue weighted by Gasteiger charge is -2.12. The zero-order valence-electron chi connectivity index (χ0n) is 9.67. The van der Waals surface area contributed by atoms with Crippen LogP contribution in [0.25, 0.3) is 10.9 Å². The Kier molecular flexibility index (Phi) is 2.44. The van der Waals surface area contributed by atoms with Crippen molar-refractivity contribution in [3.05, 3.63) is 45.5 Å². The Balaban J connectivity index is 2.40. The molecule has 1 aliphatic carbocycles. The van der Waals surface area contributed by atoms with Gasteiger partial charge in [-0.3, -0.25) is 4.79 Å². The minimum Gasteiger partial charge on any atom is -0.477 e. The molecule has 1 heterocycles. The van der Waals surface area contributed by atoms with Gasteiger partial charge in [0, 0.05) is 17.1 Å². The largest absolute Gasteiger partial charge is 0.477 e. The van der Waals surface area contributed by atoms with Gasteiger partial charge >= 0.3 is 5.97 Å². The fraction of sp³-hybridized carbons (Fsp3) is 0.231. The molecule has 0 aliphatic heterocycles. The summed E-state index contributed by atoms with van der Waals surface area (Å²) in [6.07, 6.45) is 2.35. The number of aromatic amines is 1. The standard InChI is InChI=1S/C13H9ClFNO3/c14-13(3-4-13)9-8(15)2-1-6-10(9)16-5-7(11(6)17)12(18)19/h1-2,5H,3-4H2,(H,16,17)(H,18,19). The number of hydrogen-bond donors (Lipinski definition) is 2. The number of benzene rings is 1. The Morgan fingerprint density at radius 1 is 1.42 bits per heavy atom. The second-order valence-corrected chi connectivity index (χ2v) is 5.37. The van der Waals surface area contributed by atoms with Gasteiger partial charge in [0.25, 0.3) is 0 Å². The number of carboxylic acids is 1. The van der Waals surface area contributed by atoms with Gasteiger partial charge in [-0.25, -0.2) is 9.18 Å². The number of rotatable bonds is 2. The molecule has 0 bridgehead atoms. The van der Waals surface area contributed by atoms with Crippen molar-refractivity contribution in [2.45, 2.75) is 17.7 Å². The molecule has 1 aromatic heterocycles. The minimum atomic E-state index is -1.32. The second-order valence-electron chi connectivity index (χ2n) is 4.65. The van der Waals surface area contributed by atoms with E-state index in [2.05, 4.69) is 4.98 Å². The number of carboxylic acid groups (broad SMARTS) is 1.